The van der Waals surface area contributed by atoms with Crippen LogP contribution in [0, 0.1) is 5.82 Å². The molecule has 1 spiro atoms. The van der Waals surface area contributed by atoms with Crippen LogP contribution < -0.4 is 4.74 Å². The summed E-state index contributed by atoms with van der Waals surface area (Å²) in [6, 6.07) is 4.69. The Morgan fingerprint density at radius 1 is 1.20 bits per heavy atom. The molecule has 1 atom stereocenters. The second kappa shape index (κ2) is 7.30. The number of hydrogen-bond acceptors (Lipinski definition) is 4. The number of likely N-dealkylation sites (tertiary alicyclic amines) is 1. The van der Waals surface area contributed by atoms with Gasteiger partial charge in [0.25, 0.3) is 0 Å². The van der Waals surface area contributed by atoms with Crippen LogP contribution in [0.25, 0.3) is 0 Å². The minimum atomic E-state index is -0.235. The van der Waals surface area contributed by atoms with Crippen LogP contribution in [0.1, 0.15) is 24.8 Å². The topological polar surface area (TPSA) is 36.0 Å². The molecule has 3 rings (SSSR count). The van der Waals surface area contributed by atoms with Gasteiger partial charge >= 0.3 is 0 Å². The lowest BCUT2D eigenvalue weighted by atomic mass is 9.86. The molecule has 0 saturated carbocycles. The Morgan fingerprint density at radius 2 is 2.00 bits per heavy atom. The second-order valence-corrected chi connectivity index (χ2v) is 7.38. The summed E-state index contributed by atoms with van der Waals surface area (Å²) in [5.41, 5.74) is 0.892. The number of rotatable bonds is 3. The highest BCUT2D eigenvalue weighted by molar-refractivity contribution is 5.76. The number of hydrogen-bond donors (Lipinski definition) is 0. The predicted octanol–water partition coefficient (Wildman–Crippen LogP) is 1.96. The lowest BCUT2D eigenvalue weighted by molar-refractivity contribution is -0.129. The van der Waals surface area contributed by atoms with Gasteiger partial charge in [-0.2, -0.15) is 0 Å². The average Bonchev–Trinajstić information content (AvgIpc) is 2.73. The molecule has 1 amide bonds. The van der Waals surface area contributed by atoms with Gasteiger partial charge < -0.3 is 9.64 Å². The van der Waals surface area contributed by atoms with E-state index in [4.69, 9.17) is 4.74 Å². The van der Waals surface area contributed by atoms with Crippen molar-refractivity contribution in [1.29, 1.82) is 0 Å². The largest absolute Gasteiger partial charge is 0.496 e. The minimum Gasteiger partial charge on any atom is -0.496 e. The van der Waals surface area contributed by atoms with Gasteiger partial charge in [-0.25, -0.2) is 4.39 Å². The van der Waals surface area contributed by atoms with Crippen LogP contribution >= 0.6 is 0 Å². The van der Waals surface area contributed by atoms with E-state index in [1.54, 1.807) is 19.2 Å². The van der Waals surface area contributed by atoms with Crippen molar-refractivity contribution in [1.82, 2.24) is 14.7 Å². The molecule has 0 aliphatic carbocycles. The third-order valence-corrected chi connectivity index (χ3v) is 5.86. The Labute approximate surface area is 149 Å². The number of methoxy groups -OCH3 is 1. The number of benzene rings is 1. The fraction of sp³-hybridized carbons (Fsp3) is 0.632. The quantitative estimate of drug-likeness (QED) is 0.836. The van der Waals surface area contributed by atoms with Crippen LogP contribution in [0.4, 0.5) is 4.39 Å². The van der Waals surface area contributed by atoms with E-state index in [0.717, 1.165) is 50.3 Å². The predicted molar refractivity (Wildman–Crippen MR) is 95.1 cm³/mol. The van der Waals surface area contributed by atoms with Gasteiger partial charge in [-0.05, 0) is 38.1 Å². The van der Waals surface area contributed by atoms with Crippen molar-refractivity contribution in [3.63, 3.8) is 0 Å². The molecule has 6 heteroatoms. The standard InChI is InChI=1S/C19H28FN3O2/c1-21-9-8-19(7-6-18(21)24)14-23(11-10-22(19)2)13-15-12-16(20)4-5-17(15)25-3/h4-5,12H,6-11,13-14H2,1-3H3. The van der Waals surface area contributed by atoms with E-state index in [2.05, 4.69) is 16.8 Å². The van der Waals surface area contributed by atoms with E-state index in [-0.39, 0.29) is 17.3 Å². The Bertz CT molecular complexity index is 639. The van der Waals surface area contributed by atoms with Crippen LogP contribution in [-0.4, -0.2) is 73.5 Å². The molecular weight excluding hydrogens is 321 g/mol. The molecule has 0 radical (unpaired) electrons. The number of ether oxygens (including phenoxy) is 1. The Kier molecular flexibility index (Phi) is 5.29. The molecule has 0 bridgehead atoms. The monoisotopic (exact) mass is 349 g/mol. The van der Waals surface area contributed by atoms with Gasteiger partial charge in [0.05, 0.1) is 7.11 Å². The molecule has 2 fully saturated rings. The summed E-state index contributed by atoms with van der Waals surface area (Å²) in [5.74, 6) is 0.723. The molecule has 138 valence electrons. The van der Waals surface area contributed by atoms with Crippen LogP contribution in [0.15, 0.2) is 18.2 Å². The molecule has 5 nitrogen and oxygen atoms in total. The molecular formula is C19H28FN3O2. The molecule has 2 aliphatic rings. The zero-order valence-electron chi connectivity index (χ0n) is 15.4. The third-order valence-electron chi connectivity index (χ3n) is 5.86. The summed E-state index contributed by atoms with van der Waals surface area (Å²) in [7, 11) is 5.67. The van der Waals surface area contributed by atoms with Crippen LogP contribution in [0.5, 0.6) is 5.75 Å². The van der Waals surface area contributed by atoms with Gasteiger partial charge in [0.1, 0.15) is 11.6 Å². The summed E-state index contributed by atoms with van der Waals surface area (Å²) < 4.78 is 19.1. The highest BCUT2D eigenvalue weighted by Crippen LogP contribution is 2.33. The number of amides is 1. The van der Waals surface area contributed by atoms with Gasteiger partial charge in [0, 0.05) is 57.3 Å². The van der Waals surface area contributed by atoms with E-state index in [0.29, 0.717) is 13.0 Å². The molecule has 1 aromatic carbocycles. The van der Waals surface area contributed by atoms with Gasteiger partial charge in [0.15, 0.2) is 0 Å². The summed E-state index contributed by atoms with van der Waals surface area (Å²) in [6.07, 6.45) is 2.45. The highest BCUT2D eigenvalue weighted by Gasteiger charge is 2.41. The van der Waals surface area contributed by atoms with Crippen LogP contribution in [0.3, 0.4) is 0 Å². The number of piperazine rings is 1. The Hall–Kier alpha value is -1.66. The third kappa shape index (κ3) is 3.80. The van der Waals surface area contributed by atoms with Crippen molar-refractivity contribution in [2.24, 2.45) is 0 Å². The lowest BCUT2D eigenvalue weighted by Crippen LogP contribution is -2.60. The second-order valence-electron chi connectivity index (χ2n) is 7.38. The van der Waals surface area contributed by atoms with Crippen molar-refractivity contribution in [3.05, 3.63) is 29.6 Å². The van der Waals surface area contributed by atoms with E-state index in [1.165, 1.54) is 6.07 Å². The average molecular weight is 349 g/mol. The van der Waals surface area contributed by atoms with Crippen molar-refractivity contribution in [2.45, 2.75) is 31.3 Å². The maximum Gasteiger partial charge on any atom is 0.222 e. The summed E-state index contributed by atoms with van der Waals surface area (Å²) >= 11 is 0. The first-order chi connectivity index (χ1) is 11.9. The fourth-order valence-electron chi connectivity index (χ4n) is 4.09. The minimum absolute atomic E-state index is 0.0131. The lowest BCUT2D eigenvalue weighted by Gasteiger charge is -2.49. The van der Waals surface area contributed by atoms with E-state index in [1.807, 2.05) is 11.9 Å². The zero-order valence-corrected chi connectivity index (χ0v) is 15.4. The number of nitrogens with zero attached hydrogens (tertiary/aromatic N) is 3. The van der Waals surface area contributed by atoms with E-state index in [9.17, 15) is 9.18 Å². The summed E-state index contributed by atoms with van der Waals surface area (Å²) in [5, 5.41) is 0. The van der Waals surface area contributed by atoms with E-state index >= 15 is 0 Å². The molecule has 1 aromatic rings. The highest BCUT2D eigenvalue weighted by atomic mass is 19.1. The van der Waals surface area contributed by atoms with E-state index < -0.39 is 0 Å². The fourth-order valence-corrected chi connectivity index (χ4v) is 4.09. The number of carbonyl (C=O) groups is 1. The van der Waals surface area contributed by atoms with Crippen LogP contribution in [0.2, 0.25) is 0 Å². The normalized spacial score (nSPS) is 26.1. The van der Waals surface area contributed by atoms with Crippen molar-refractivity contribution < 1.29 is 13.9 Å². The first-order valence-electron chi connectivity index (χ1n) is 8.93. The molecule has 0 aromatic heterocycles. The first-order valence-corrected chi connectivity index (χ1v) is 8.93. The van der Waals surface area contributed by atoms with Gasteiger partial charge in [0.2, 0.25) is 5.91 Å². The molecule has 2 saturated heterocycles. The number of likely N-dealkylation sites (N-methyl/N-ethyl adjacent to an activating group) is 1. The van der Waals surface area contributed by atoms with Crippen LogP contribution in [-0.2, 0) is 11.3 Å². The Morgan fingerprint density at radius 3 is 2.76 bits per heavy atom. The summed E-state index contributed by atoms with van der Waals surface area (Å²) in [6.45, 7) is 4.24. The van der Waals surface area contributed by atoms with Gasteiger partial charge in [-0.1, -0.05) is 0 Å². The number of halogens is 1. The van der Waals surface area contributed by atoms with Crippen molar-refractivity contribution in [2.75, 3.05) is 47.4 Å². The zero-order chi connectivity index (χ0) is 18.0. The molecule has 2 heterocycles. The SMILES string of the molecule is COc1ccc(F)cc1CN1CCN(C)C2(CCC(=O)N(C)CC2)C1. The van der Waals surface area contributed by atoms with Crippen molar-refractivity contribution >= 4 is 5.91 Å². The first kappa shape index (κ1) is 18.1. The molecule has 25 heavy (non-hydrogen) atoms. The van der Waals surface area contributed by atoms with Crippen molar-refractivity contribution in [3.8, 4) is 5.75 Å². The van der Waals surface area contributed by atoms with Gasteiger partial charge in [-0.15, -0.1) is 0 Å². The summed E-state index contributed by atoms with van der Waals surface area (Å²) in [4.78, 5) is 18.7. The molecule has 1 unspecified atom stereocenters. The van der Waals surface area contributed by atoms with Gasteiger partial charge in [-0.3, -0.25) is 14.6 Å². The maximum atomic E-state index is 13.7. The molecule has 2 aliphatic heterocycles. The number of carbonyl (C=O) groups excluding carboxylic acids is 1. The smallest absolute Gasteiger partial charge is 0.222 e. The Balaban J connectivity index is 1.77. The molecule has 0 N–H and O–H groups in total. The maximum absolute atomic E-state index is 13.7.